The van der Waals surface area contributed by atoms with Crippen molar-refractivity contribution >= 4 is 5.91 Å². The number of hydrogen-bond donors (Lipinski definition) is 0. The molecule has 1 amide bonds. The molecule has 23 heavy (non-hydrogen) atoms. The molecule has 2 aromatic rings. The van der Waals surface area contributed by atoms with Crippen molar-refractivity contribution in [2.75, 3.05) is 27.2 Å². The van der Waals surface area contributed by atoms with Gasteiger partial charge in [-0.2, -0.15) is 0 Å². The third-order valence-electron chi connectivity index (χ3n) is 4.26. The monoisotopic (exact) mass is 314 g/mol. The molecule has 1 saturated heterocycles. The van der Waals surface area contributed by atoms with Crippen LogP contribution in [0, 0.1) is 6.92 Å². The van der Waals surface area contributed by atoms with Crippen molar-refractivity contribution in [2.45, 2.75) is 25.8 Å². The lowest BCUT2D eigenvalue weighted by Crippen LogP contribution is -2.36. The number of nitrogens with zero attached hydrogens (tertiary/aromatic N) is 6. The lowest BCUT2D eigenvalue weighted by Gasteiger charge is -2.24. The zero-order valence-electron chi connectivity index (χ0n) is 13.8. The van der Waals surface area contributed by atoms with Gasteiger partial charge in [-0.05, 0) is 26.3 Å². The van der Waals surface area contributed by atoms with E-state index in [2.05, 4.69) is 14.9 Å². The Morgan fingerprint density at radius 3 is 2.91 bits per heavy atom. The maximum Gasteiger partial charge on any atom is 0.236 e. The first kappa shape index (κ1) is 15.6. The number of imidazole rings is 1. The number of aryl methyl sites for hydroxylation is 1. The summed E-state index contributed by atoms with van der Waals surface area (Å²) in [4.78, 5) is 29.2. The Bertz CT molecular complexity index is 695. The van der Waals surface area contributed by atoms with E-state index in [0.717, 1.165) is 36.7 Å². The van der Waals surface area contributed by atoms with Crippen LogP contribution in [0.25, 0.3) is 5.82 Å². The molecule has 1 aliphatic heterocycles. The first-order valence-electron chi connectivity index (χ1n) is 7.82. The van der Waals surface area contributed by atoms with Gasteiger partial charge in [-0.25, -0.2) is 9.97 Å². The quantitative estimate of drug-likeness (QED) is 0.848. The molecule has 3 heterocycles. The Morgan fingerprint density at radius 2 is 2.22 bits per heavy atom. The molecule has 122 valence electrons. The third kappa shape index (κ3) is 3.24. The van der Waals surface area contributed by atoms with Gasteiger partial charge >= 0.3 is 0 Å². The van der Waals surface area contributed by atoms with Gasteiger partial charge in [0.15, 0.2) is 5.82 Å². The maximum absolute atomic E-state index is 12.0. The van der Waals surface area contributed by atoms with Crippen LogP contribution < -0.4 is 0 Å². The molecule has 0 spiro atoms. The van der Waals surface area contributed by atoms with Gasteiger partial charge in [-0.15, -0.1) is 0 Å². The van der Waals surface area contributed by atoms with Crippen LogP contribution in [0.15, 0.2) is 24.8 Å². The number of carbonyl (C=O) groups excluding carboxylic acids is 1. The van der Waals surface area contributed by atoms with Gasteiger partial charge in [0.1, 0.15) is 5.82 Å². The van der Waals surface area contributed by atoms with E-state index in [0.29, 0.717) is 6.54 Å². The molecule has 2 aromatic heterocycles. The van der Waals surface area contributed by atoms with E-state index in [1.54, 1.807) is 37.6 Å². The van der Waals surface area contributed by atoms with Crippen molar-refractivity contribution in [1.82, 2.24) is 29.3 Å². The Balaban J connectivity index is 1.83. The highest BCUT2D eigenvalue weighted by molar-refractivity contribution is 5.77. The Hall–Kier alpha value is -2.28. The van der Waals surface area contributed by atoms with E-state index in [1.165, 1.54) is 0 Å². The fourth-order valence-corrected chi connectivity index (χ4v) is 2.93. The Morgan fingerprint density at radius 1 is 1.39 bits per heavy atom. The molecule has 0 aromatic carbocycles. The topological polar surface area (TPSA) is 67.2 Å². The number of hydrogen-bond acceptors (Lipinski definition) is 5. The van der Waals surface area contributed by atoms with Crippen LogP contribution in [-0.2, 0) is 4.79 Å². The van der Waals surface area contributed by atoms with Crippen molar-refractivity contribution in [3.8, 4) is 5.82 Å². The van der Waals surface area contributed by atoms with Crippen LogP contribution in [0.2, 0.25) is 0 Å². The predicted molar refractivity (Wildman–Crippen MR) is 86.1 cm³/mol. The van der Waals surface area contributed by atoms with Crippen molar-refractivity contribution in [1.29, 1.82) is 0 Å². The molecule has 3 rings (SSSR count). The van der Waals surface area contributed by atoms with Gasteiger partial charge in [-0.1, -0.05) is 0 Å². The fourth-order valence-electron chi connectivity index (χ4n) is 2.93. The molecule has 0 aliphatic carbocycles. The molecule has 0 N–H and O–H groups in total. The first-order chi connectivity index (χ1) is 11.1. The molecule has 1 fully saturated rings. The summed E-state index contributed by atoms with van der Waals surface area (Å²) in [5, 5.41) is 0. The second-order valence-corrected chi connectivity index (χ2v) is 6.06. The number of amides is 1. The summed E-state index contributed by atoms with van der Waals surface area (Å²) in [6, 6.07) is 0.148. The molecule has 7 nitrogen and oxygen atoms in total. The molecule has 7 heteroatoms. The summed E-state index contributed by atoms with van der Waals surface area (Å²) in [5.74, 6) is 1.76. The summed E-state index contributed by atoms with van der Waals surface area (Å²) in [6.07, 6.45) is 9.25. The molecular weight excluding hydrogens is 292 g/mol. The maximum atomic E-state index is 12.0. The SMILES string of the molecule is Cc1nccn1-c1cncc([C@H]2CCCN2CC(=O)N(C)C)n1. The average Bonchev–Trinajstić information content (AvgIpc) is 3.16. The number of likely N-dealkylation sites (tertiary alicyclic amines) is 1. The number of aromatic nitrogens is 4. The van der Waals surface area contributed by atoms with Crippen LogP contribution in [0.1, 0.15) is 30.4 Å². The van der Waals surface area contributed by atoms with Crippen LogP contribution in [0.5, 0.6) is 0 Å². The van der Waals surface area contributed by atoms with E-state index in [9.17, 15) is 4.79 Å². The average molecular weight is 314 g/mol. The molecular formula is C16H22N6O. The van der Waals surface area contributed by atoms with Gasteiger partial charge in [0.2, 0.25) is 5.91 Å². The van der Waals surface area contributed by atoms with Gasteiger partial charge in [-0.3, -0.25) is 19.2 Å². The second-order valence-electron chi connectivity index (χ2n) is 6.06. The molecule has 1 aliphatic rings. The fraction of sp³-hybridized carbons (Fsp3) is 0.500. The van der Waals surface area contributed by atoms with Crippen LogP contribution in [0.3, 0.4) is 0 Å². The Labute approximate surface area is 136 Å². The molecule has 0 radical (unpaired) electrons. The predicted octanol–water partition coefficient (Wildman–Crippen LogP) is 1.20. The summed E-state index contributed by atoms with van der Waals surface area (Å²) < 4.78 is 1.92. The summed E-state index contributed by atoms with van der Waals surface area (Å²) in [7, 11) is 3.57. The van der Waals surface area contributed by atoms with E-state index >= 15 is 0 Å². The summed E-state index contributed by atoms with van der Waals surface area (Å²) in [5.41, 5.74) is 0.916. The zero-order chi connectivity index (χ0) is 16.4. The minimum atomic E-state index is 0.117. The zero-order valence-corrected chi connectivity index (χ0v) is 13.8. The normalized spacial score (nSPS) is 18.3. The van der Waals surface area contributed by atoms with Crippen molar-refractivity contribution in [3.63, 3.8) is 0 Å². The van der Waals surface area contributed by atoms with Crippen LogP contribution in [0.4, 0.5) is 0 Å². The van der Waals surface area contributed by atoms with Crippen molar-refractivity contribution < 1.29 is 4.79 Å². The highest BCUT2D eigenvalue weighted by Crippen LogP contribution is 2.30. The van der Waals surface area contributed by atoms with E-state index in [4.69, 9.17) is 4.98 Å². The van der Waals surface area contributed by atoms with E-state index in [1.807, 2.05) is 17.7 Å². The smallest absolute Gasteiger partial charge is 0.236 e. The van der Waals surface area contributed by atoms with E-state index < -0.39 is 0 Å². The largest absolute Gasteiger partial charge is 0.348 e. The second kappa shape index (κ2) is 6.45. The molecule has 0 bridgehead atoms. The first-order valence-corrected chi connectivity index (χ1v) is 7.82. The molecule has 0 saturated carbocycles. The van der Waals surface area contributed by atoms with E-state index in [-0.39, 0.29) is 11.9 Å². The Kier molecular flexibility index (Phi) is 4.38. The van der Waals surface area contributed by atoms with Crippen LogP contribution >= 0.6 is 0 Å². The molecule has 0 unspecified atom stereocenters. The van der Waals surface area contributed by atoms with Crippen LogP contribution in [-0.4, -0.2) is 62.4 Å². The highest BCUT2D eigenvalue weighted by Gasteiger charge is 2.29. The number of rotatable bonds is 4. The summed E-state index contributed by atoms with van der Waals surface area (Å²) in [6.45, 7) is 3.28. The van der Waals surface area contributed by atoms with Crippen molar-refractivity contribution in [3.05, 3.63) is 36.3 Å². The lowest BCUT2D eigenvalue weighted by molar-refractivity contribution is -0.130. The van der Waals surface area contributed by atoms with Gasteiger partial charge in [0, 0.05) is 26.5 Å². The standard InChI is InChI=1S/C16H22N6O/c1-12-18-6-8-22(12)15-10-17-9-13(19-15)14-5-4-7-21(14)11-16(23)20(2)3/h6,8-10,14H,4-5,7,11H2,1-3H3/t14-/m1/s1. The number of carbonyl (C=O) groups is 1. The minimum absolute atomic E-state index is 0.117. The minimum Gasteiger partial charge on any atom is -0.348 e. The molecule has 1 atom stereocenters. The van der Waals surface area contributed by atoms with Gasteiger partial charge in [0.25, 0.3) is 0 Å². The lowest BCUT2D eigenvalue weighted by atomic mass is 10.1. The van der Waals surface area contributed by atoms with Gasteiger partial charge in [0.05, 0.1) is 30.7 Å². The van der Waals surface area contributed by atoms with Gasteiger partial charge < -0.3 is 4.90 Å². The van der Waals surface area contributed by atoms with Crippen molar-refractivity contribution in [2.24, 2.45) is 0 Å². The highest BCUT2D eigenvalue weighted by atomic mass is 16.2. The summed E-state index contributed by atoms with van der Waals surface area (Å²) >= 11 is 0. The number of likely N-dealkylation sites (N-methyl/N-ethyl adjacent to an activating group) is 1. The third-order valence-corrected chi connectivity index (χ3v) is 4.26.